The number of hydrogen-bond acceptors (Lipinski definition) is 3. The highest BCUT2D eigenvalue weighted by molar-refractivity contribution is 5.92. The predicted octanol–water partition coefficient (Wildman–Crippen LogP) is 3.62. The fraction of sp³-hybridized carbons (Fsp3) is 0.444. The maximum Gasteiger partial charge on any atom is 0.273 e. The summed E-state index contributed by atoms with van der Waals surface area (Å²) in [7, 11) is 0. The van der Waals surface area contributed by atoms with Gasteiger partial charge in [-0.3, -0.25) is 4.79 Å². The molecule has 2 atom stereocenters. The van der Waals surface area contributed by atoms with E-state index in [1.54, 1.807) is 6.07 Å². The van der Waals surface area contributed by atoms with Crippen LogP contribution in [0.15, 0.2) is 40.9 Å². The molecule has 114 valence electrons. The number of amides is 1. The second-order valence-electron chi connectivity index (χ2n) is 6.42. The van der Waals surface area contributed by atoms with Crippen LogP contribution in [0.5, 0.6) is 0 Å². The number of rotatable bonds is 4. The molecule has 2 fully saturated rings. The lowest BCUT2D eigenvalue weighted by molar-refractivity contribution is 0.0925. The van der Waals surface area contributed by atoms with Gasteiger partial charge in [0.1, 0.15) is 5.76 Å². The van der Waals surface area contributed by atoms with Crippen LogP contribution in [0.4, 0.5) is 0 Å². The first kappa shape index (κ1) is 13.6. The SMILES string of the molecule is O=C(N[C@@H]1CCC[C@@H]1c1ccccc1)c1cc(C2CC2)on1. The molecule has 0 spiro atoms. The van der Waals surface area contributed by atoms with Gasteiger partial charge in [0.25, 0.3) is 5.91 Å². The zero-order valence-electron chi connectivity index (χ0n) is 12.5. The summed E-state index contributed by atoms with van der Waals surface area (Å²) in [6.45, 7) is 0. The Bertz CT molecular complexity index is 661. The van der Waals surface area contributed by atoms with Crippen LogP contribution in [0, 0.1) is 0 Å². The van der Waals surface area contributed by atoms with Gasteiger partial charge in [0.05, 0.1) is 0 Å². The fourth-order valence-corrected chi connectivity index (χ4v) is 3.43. The van der Waals surface area contributed by atoms with Crippen LogP contribution in [0.2, 0.25) is 0 Å². The first-order chi connectivity index (χ1) is 10.8. The van der Waals surface area contributed by atoms with E-state index in [0.717, 1.165) is 37.9 Å². The maximum absolute atomic E-state index is 12.4. The van der Waals surface area contributed by atoms with Crippen LogP contribution >= 0.6 is 0 Å². The lowest BCUT2D eigenvalue weighted by atomic mass is 9.94. The van der Waals surface area contributed by atoms with Crippen LogP contribution in [-0.2, 0) is 0 Å². The van der Waals surface area contributed by atoms with Gasteiger partial charge in [0.2, 0.25) is 0 Å². The molecule has 2 saturated carbocycles. The topological polar surface area (TPSA) is 55.1 Å². The third-order valence-corrected chi connectivity index (χ3v) is 4.80. The van der Waals surface area contributed by atoms with Gasteiger partial charge < -0.3 is 9.84 Å². The van der Waals surface area contributed by atoms with Gasteiger partial charge in [-0.25, -0.2) is 0 Å². The van der Waals surface area contributed by atoms with Crippen LogP contribution in [-0.4, -0.2) is 17.1 Å². The molecule has 4 rings (SSSR count). The minimum absolute atomic E-state index is 0.108. The predicted molar refractivity (Wildman–Crippen MR) is 82.8 cm³/mol. The van der Waals surface area contributed by atoms with Gasteiger partial charge in [0, 0.05) is 23.9 Å². The molecule has 2 aliphatic carbocycles. The van der Waals surface area contributed by atoms with Crippen molar-refractivity contribution in [2.45, 2.75) is 50.0 Å². The Balaban J connectivity index is 1.45. The first-order valence-electron chi connectivity index (χ1n) is 8.13. The summed E-state index contributed by atoms with van der Waals surface area (Å²) in [5.41, 5.74) is 1.73. The molecule has 4 heteroatoms. The summed E-state index contributed by atoms with van der Waals surface area (Å²) >= 11 is 0. The quantitative estimate of drug-likeness (QED) is 0.937. The molecule has 1 N–H and O–H groups in total. The van der Waals surface area contributed by atoms with Gasteiger partial charge in [-0.2, -0.15) is 0 Å². The highest BCUT2D eigenvalue weighted by Gasteiger charge is 2.32. The van der Waals surface area contributed by atoms with Gasteiger partial charge in [-0.1, -0.05) is 41.9 Å². The molecule has 1 amide bonds. The number of nitrogens with zero attached hydrogens (tertiary/aromatic N) is 1. The number of carbonyl (C=O) groups excluding carboxylic acids is 1. The van der Waals surface area contributed by atoms with Crippen molar-refractivity contribution < 1.29 is 9.32 Å². The third kappa shape index (κ3) is 2.65. The van der Waals surface area contributed by atoms with E-state index in [4.69, 9.17) is 4.52 Å². The number of aromatic nitrogens is 1. The Morgan fingerprint density at radius 3 is 2.73 bits per heavy atom. The van der Waals surface area contributed by atoms with Crippen molar-refractivity contribution in [2.75, 3.05) is 0 Å². The zero-order valence-corrected chi connectivity index (χ0v) is 12.5. The van der Waals surface area contributed by atoms with Crippen LogP contribution < -0.4 is 5.32 Å². The van der Waals surface area contributed by atoms with Crippen molar-refractivity contribution in [2.24, 2.45) is 0 Å². The molecule has 2 aromatic rings. The normalized spacial score (nSPS) is 24.4. The van der Waals surface area contributed by atoms with E-state index in [0.29, 0.717) is 17.5 Å². The monoisotopic (exact) mass is 296 g/mol. The van der Waals surface area contributed by atoms with Crippen molar-refractivity contribution in [3.05, 3.63) is 53.4 Å². The lowest BCUT2D eigenvalue weighted by Gasteiger charge is -2.20. The molecule has 0 radical (unpaired) electrons. The van der Waals surface area contributed by atoms with Crippen molar-refractivity contribution in [1.29, 1.82) is 0 Å². The first-order valence-corrected chi connectivity index (χ1v) is 8.13. The highest BCUT2D eigenvalue weighted by atomic mass is 16.5. The third-order valence-electron chi connectivity index (χ3n) is 4.80. The number of nitrogens with one attached hydrogen (secondary N) is 1. The summed E-state index contributed by atoms with van der Waals surface area (Å²) in [4.78, 5) is 12.4. The number of hydrogen-bond donors (Lipinski definition) is 1. The Hall–Kier alpha value is -2.10. The van der Waals surface area contributed by atoms with Crippen LogP contribution in [0.3, 0.4) is 0 Å². The second-order valence-corrected chi connectivity index (χ2v) is 6.42. The Labute approximate surface area is 129 Å². The number of carbonyl (C=O) groups is 1. The molecule has 4 nitrogen and oxygen atoms in total. The Kier molecular flexibility index (Phi) is 3.45. The largest absolute Gasteiger partial charge is 0.360 e. The summed E-state index contributed by atoms with van der Waals surface area (Å²) in [6.07, 6.45) is 5.60. The smallest absolute Gasteiger partial charge is 0.273 e. The minimum Gasteiger partial charge on any atom is -0.360 e. The van der Waals surface area contributed by atoms with Crippen molar-refractivity contribution in [3.8, 4) is 0 Å². The molecular weight excluding hydrogens is 276 g/mol. The average Bonchev–Trinajstić information content (AvgIpc) is 3.10. The van der Waals surface area contributed by atoms with E-state index in [1.807, 2.05) is 6.07 Å². The van der Waals surface area contributed by atoms with Gasteiger partial charge >= 0.3 is 0 Å². The van der Waals surface area contributed by atoms with Crippen LogP contribution in [0.1, 0.15) is 65.8 Å². The van der Waals surface area contributed by atoms with Crippen molar-refractivity contribution in [3.63, 3.8) is 0 Å². The highest BCUT2D eigenvalue weighted by Crippen LogP contribution is 2.40. The molecule has 2 aliphatic rings. The molecule has 0 bridgehead atoms. The molecule has 1 aromatic heterocycles. The summed E-state index contributed by atoms with van der Waals surface area (Å²) in [5, 5.41) is 7.09. The zero-order chi connectivity index (χ0) is 14.9. The van der Waals surface area contributed by atoms with Crippen LogP contribution in [0.25, 0.3) is 0 Å². The van der Waals surface area contributed by atoms with E-state index >= 15 is 0 Å². The van der Waals surface area contributed by atoms with Gasteiger partial charge in [-0.15, -0.1) is 0 Å². The molecule has 0 unspecified atom stereocenters. The van der Waals surface area contributed by atoms with E-state index in [9.17, 15) is 4.79 Å². The maximum atomic E-state index is 12.4. The van der Waals surface area contributed by atoms with E-state index in [1.165, 1.54) is 5.56 Å². The Morgan fingerprint density at radius 2 is 1.95 bits per heavy atom. The summed E-state index contributed by atoms with van der Waals surface area (Å²) in [6, 6.07) is 12.4. The van der Waals surface area contributed by atoms with Gasteiger partial charge in [-0.05, 0) is 31.2 Å². The molecule has 0 saturated heterocycles. The molecular formula is C18H20N2O2. The lowest BCUT2D eigenvalue weighted by Crippen LogP contribution is -2.36. The van der Waals surface area contributed by atoms with E-state index in [-0.39, 0.29) is 11.9 Å². The number of benzene rings is 1. The molecule has 1 heterocycles. The standard InChI is InChI=1S/C18H20N2O2/c21-18(16-11-17(22-20-16)13-9-10-13)19-15-8-4-7-14(15)12-5-2-1-3-6-12/h1-3,5-6,11,13-15H,4,7-10H2,(H,19,21)/t14-,15-/m1/s1. The fourth-order valence-electron chi connectivity index (χ4n) is 3.43. The molecule has 1 aromatic carbocycles. The van der Waals surface area contributed by atoms with Crippen molar-refractivity contribution in [1.82, 2.24) is 10.5 Å². The Morgan fingerprint density at radius 1 is 1.14 bits per heavy atom. The average molecular weight is 296 g/mol. The van der Waals surface area contributed by atoms with Gasteiger partial charge in [0.15, 0.2) is 5.69 Å². The minimum atomic E-state index is -0.108. The van der Waals surface area contributed by atoms with E-state index in [2.05, 4.69) is 34.7 Å². The van der Waals surface area contributed by atoms with Crippen molar-refractivity contribution >= 4 is 5.91 Å². The summed E-state index contributed by atoms with van der Waals surface area (Å²) < 4.78 is 5.27. The molecule has 22 heavy (non-hydrogen) atoms. The molecule has 0 aliphatic heterocycles. The second kappa shape index (κ2) is 5.59. The van der Waals surface area contributed by atoms with E-state index < -0.39 is 0 Å². The summed E-state index contributed by atoms with van der Waals surface area (Å²) in [5.74, 6) is 1.64.